The largest absolute Gasteiger partial charge is 0.364 e. The highest BCUT2D eigenvalue weighted by molar-refractivity contribution is 6.30. The summed E-state index contributed by atoms with van der Waals surface area (Å²) >= 11 is 5.92. The van der Waals surface area contributed by atoms with Crippen molar-refractivity contribution < 1.29 is 0 Å². The van der Waals surface area contributed by atoms with Crippen LogP contribution in [0.1, 0.15) is 11.3 Å². The maximum Gasteiger partial charge on any atom is 0.282 e. The van der Waals surface area contributed by atoms with Crippen molar-refractivity contribution in [3.05, 3.63) is 75.8 Å². The molecule has 2 aromatic rings. The molecule has 0 radical (unpaired) electrons. The lowest BCUT2D eigenvalue weighted by Crippen LogP contribution is -2.14. The molecule has 0 spiro atoms. The second-order valence-corrected chi connectivity index (χ2v) is 6.05. The van der Waals surface area contributed by atoms with Crippen molar-refractivity contribution in [1.29, 1.82) is 0 Å². The zero-order valence-corrected chi connectivity index (χ0v) is 14.1. The molecule has 2 aliphatic heterocycles. The van der Waals surface area contributed by atoms with E-state index in [2.05, 4.69) is 15.1 Å². The fraction of sp³-hybridized carbons (Fsp3) is 0.0556. The Balaban J connectivity index is 1.87. The Labute approximate surface area is 148 Å². The average Bonchev–Trinajstić information content (AvgIpc) is 3.23. The minimum absolute atomic E-state index is 0.175. The highest BCUT2D eigenvalue weighted by Gasteiger charge is 2.20. The van der Waals surface area contributed by atoms with E-state index in [1.807, 2.05) is 30.0 Å². The first kappa shape index (κ1) is 15.4. The summed E-state index contributed by atoms with van der Waals surface area (Å²) in [5.41, 5.74) is 3.46. The van der Waals surface area contributed by atoms with Gasteiger partial charge < -0.3 is 9.55 Å². The molecular weight excluding hydrogens is 338 g/mol. The maximum absolute atomic E-state index is 12.7. The summed E-state index contributed by atoms with van der Waals surface area (Å²) in [6.07, 6.45) is 10.7. The number of imidazole rings is 1. The van der Waals surface area contributed by atoms with E-state index < -0.39 is 0 Å². The summed E-state index contributed by atoms with van der Waals surface area (Å²) in [7, 11) is 0. The molecule has 0 saturated carbocycles. The van der Waals surface area contributed by atoms with Crippen molar-refractivity contribution in [2.24, 2.45) is 0 Å². The number of hydrogen-bond donors (Lipinski definition) is 1. The van der Waals surface area contributed by atoms with Crippen LogP contribution in [0.4, 0.5) is 0 Å². The number of H-pyrrole nitrogens is 1. The lowest BCUT2D eigenvalue weighted by atomic mass is 10.1. The molecule has 25 heavy (non-hydrogen) atoms. The van der Waals surface area contributed by atoms with Crippen molar-refractivity contribution in [1.82, 2.24) is 24.3 Å². The van der Waals surface area contributed by atoms with Crippen LogP contribution in [0.2, 0.25) is 5.02 Å². The van der Waals surface area contributed by atoms with Crippen LogP contribution < -0.4 is 5.56 Å². The van der Waals surface area contributed by atoms with Crippen LogP contribution in [0.25, 0.3) is 29.2 Å². The van der Waals surface area contributed by atoms with Gasteiger partial charge in [0.05, 0.1) is 17.6 Å². The lowest BCUT2D eigenvalue weighted by molar-refractivity contribution is 0.857. The van der Waals surface area contributed by atoms with Crippen molar-refractivity contribution in [2.45, 2.75) is 6.92 Å². The summed E-state index contributed by atoms with van der Waals surface area (Å²) < 4.78 is 3.22. The van der Waals surface area contributed by atoms with Crippen molar-refractivity contribution >= 4 is 23.9 Å². The number of pyridine rings is 1. The van der Waals surface area contributed by atoms with Crippen molar-refractivity contribution in [3.63, 3.8) is 0 Å². The van der Waals surface area contributed by atoms with Crippen molar-refractivity contribution in [3.8, 4) is 16.9 Å². The van der Waals surface area contributed by atoms with Crippen LogP contribution in [0.3, 0.4) is 0 Å². The molecule has 1 aromatic heterocycles. The maximum atomic E-state index is 12.7. The number of benzene rings is 1. The highest BCUT2D eigenvalue weighted by Crippen LogP contribution is 2.25. The van der Waals surface area contributed by atoms with Gasteiger partial charge in [-0.2, -0.15) is 9.78 Å². The van der Waals surface area contributed by atoms with Gasteiger partial charge in [-0.3, -0.25) is 4.79 Å². The second-order valence-electron chi connectivity index (χ2n) is 5.61. The Hall–Kier alpha value is -3.12. The third kappa shape index (κ3) is 2.77. The predicted octanol–water partition coefficient (Wildman–Crippen LogP) is 3.45. The second kappa shape index (κ2) is 6.07. The topological polar surface area (TPSA) is 68.5 Å². The van der Waals surface area contributed by atoms with Gasteiger partial charge in [-0.15, -0.1) is 0 Å². The molecule has 3 heterocycles. The molecule has 0 fully saturated rings. The van der Waals surface area contributed by atoms with Gasteiger partial charge in [-0.05, 0) is 37.3 Å². The summed E-state index contributed by atoms with van der Waals surface area (Å²) in [4.78, 5) is 19.9. The molecule has 0 amide bonds. The summed E-state index contributed by atoms with van der Waals surface area (Å²) in [6.45, 7) is 1.94. The van der Waals surface area contributed by atoms with Gasteiger partial charge in [0.15, 0.2) is 0 Å². The van der Waals surface area contributed by atoms with E-state index in [1.54, 1.807) is 43.0 Å². The molecule has 0 aliphatic carbocycles. The highest BCUT2D eigenvalue weighted by atomic mass is 35.5. The Morgan fingerprint density at radius 2 is 2.04 bits per heavy atom. The van der Waals surface area contributed by atoms with Gasteiger partial charge in [0.1, 0.15) is 5.69 Å². The van der Waals surface area contributed by atoms with Gasteiger partial charge in [-0.25, -0.2) is 4.98 Å². The van der Waals surface area contributed by atoms with E-state index in [1.165, 1.54) is 4.68 Å². The van der Waals surface area contributed by atoms with Crippen LogP contribution in [-0.2, 0) is 0 Å². The van der Waals surface area contributed by atoms with Crippen LogP contribution in [0.15, 0.2) is 54.0 Å². The summed E-state index contributed by atoms with van der Waals surface area (Å²) in [5.74, 6) is 0. The summed E-state index contributed by atoms with van der Waals surface area (Å²) in [5, 5.41) is 5.15. The predicted molar refractivity (Wildman–Crippen MR) is 98.0 cm³/mol. The molecule has 0 unspecified atom stereocenters. The van der Waals surface area contributed by atoms with E-state index in [4.69, 9.17) is 11.6 Å². The Kier molecular flexibility index (Phi) is 3.74. The van der Waals surface area contributed by atoms with Crippen molar-refractivity contribution in [2.75, 3.05) is 0 Å². The fourth-order valence-corrected chi connectivity index (χ4v) is 2.78. The molecule has 4 rings (SSSR count). The van der Waals surface area contributed by atoms with E-state index in [-0.39, 0.29) is 5.56 Å². The van der Waals surface area contributed by atoms with Gasteiger partial charge in [-0.1, -0.05) is 11.6 Å². The Morgan fingerprint density at radius 3 is 2.76 bits per heavy atom. The first-order valence-electron chi connectivity index (χ1n) is 7.66. The molecule has 0 bridgehead atoms. The molecule has 124 valence electrons. The van der Waals surface area contributed by atoms with Gasteiger partial charge >= 0.3 is 0 Å². The number of aromatic nitrogens is 5. The molecule has 7 heteroatoms. The van der Waals surface area contributed by atoms with Gasteiger partial charge in [0.2, 0.25) is 0 Å². The molecule has 2 aliphatic rings. The molecular formula is C18H14ClN5O. The quantitative estimate of drug-likeness (QED) is 0.614. The SMILES string of the molecule is Cc1[nH]cc2c(=O)n(-c3ccc(Cl)cc3)nc-2c1/C=C/n1ccnc1. The third-order valence-corrected chi connectivity index (χ3v) is 4.23. The standard InChI is InChI=1S/C18H14ClN5O/c1-12-15(6-8-23-9-7-20-11-23)17-16(10-21-12)18(25)24(22-17)14-4-2-13(19)3-5-14/h2-11,21H,1H3/b8-6+. The molecule has 0 atom stereocenters. The normalized spacial score (nSPS) is 11.6. The van der Waals surface area contributed by atoms with Crippen LogP contribution >= 0.6 is 11.6 Å². The number of nitrogens with zero attached hydrogens (tertiary/aromatic N) is 4. The van der Waals surface area contributed by atoms with E-state index in [0.29, 0.717) is 22.0 Å². The monoisotopic (exact) mass is 351 g/mol. The zero-order valence-electron chi connectivity index (χ0n) is 13.3. The number of aromatic amines is 1. The Morgan fingerprint density at radius 1 is 1.24 bits per heavy atom. The smallest absolute Gasteiger partial charge is 0.282 e. The summed E-state index contributed by atoms with van der Waals surface area (Å²) in [6, 6.07) is 7.01. The first-order chi connectivity index (χ1) is 12.1. The number of halogens is 1. The molecule has 1 aromatic carbocycles. The number of hydrogen-bond acceptors (Lipinski definition) is 3. The minimum atomic E-state index is -0.175. The number of aryl methyl sites for hydroxylation is 1. The zero-order chi connectivity index (χ0) is 17.4. The van der Waals surface area contributed by atoms with E-state index in [9.17, 15) is 4.79 Å². The van der Waals surface area contributed by atoms with Crippen LogP contribution in [0, 0.1) is 6.92 Å². The number of fused-ring (bicyclic) bond motifs is 1. The molecule has 1 N–H and O–H groups in total. The third-order valence-electron chi connectivity index (χ3n) is 3.98. The van der Waals surface area contributed by atoms with Crippen LogP contribution in [0.5, 0.6) is 0 Å². The number of rotatable bonds is 3. The van der Waals surface area contributed by atoms with E-state index >= 15 is 0 Å². The molecule has 6 nitrogen and oxygen atoms in total. The van der Waals surface area contributed by atoms with Gasteiger partial charge in [0, 0.05) is 41.1 Å². The van der Waals surface area contributed by atoms with Gasteiger partial charge in [0.25, 0.3) is 5.56 Å². The van der Waals surface area contributed by atoms with Crippen LogP contribution in [-0.4, -0.2) is 24.3 Å². The number of nitrogens with one attached hydrogen (secondary N) is 1. The Bertz CT molecular complexity index is 1070. The van der Waals surface area contributed by atoms with E-state index in [0.717, 1.165) is 11.3 Å². The lowest BCUT2D eigenvalue weighted by Gasteiger charge is -2.05. The average molecular weight is 352 g/mol. The first-order valence-corrected chi connectivity index (χ1v) is 8.04. The minimum Gasteiger partial charge on any atom is -0.364 e. The molecule has 0 saturated heterocycles. The fourth-order valence-electron chi connectivity index (χ4n) is 2.66.